The largest absolute Gasteiger partial charge is 0.459 e. The summed E-state index contributed by atoms with van der Waals surface area (Å²) in [6.07, 6.45) is 1.40. The van der Waals surface area contributed by atoms with Gasteiger partial charge in [-0.05, 0) is 36.8 Å². The molecule has 0 aliphatic carbocycles. The first-order chi connectivity index (χ1) is 12.5. The molecule has 1 aromatic carbocycles. The lowest BCUT2D eigenvalue weighted by Crippen LogP contribution is -2.31. The Bertz CT molecular complexity index is 770. The van der Waals surface area contributed by atoms with E-state index in [4.69, 9.17) is 13.9 Å². The lowest BCUT2D eigenvalue weighted by Gasteiger charge is -2.10. The summed E-state index contributed by atoms with van der Waals surface area (Å²) in [5.74, 6) is -1.36. The van der Waals surface area contributed by atoms with Crippen molar-refractivity contribution in [3.63, 3.8) is 0 Å². The smallest absolute Gasteiger partial charge is 0.338 e. The van der Waals surface area contributed by atoms with Gasteiger partial charge in [-0.2, -0.15) is 0 Å². The first-order valence-electron chi connectivity index (χ1n) is 7.89. The van der Waals surface area contributed by atoms with Crippen LogP contribution in [0, 0.1) is 6.92 Å². The molecule has 1 heterocycles. The van der Waals surface area contributed by atoms with Gasteiger partial charge in [-0.15, -0.1) is 0 Å². The number of carbonyl (C=O) groups excluding carboxylic acids is 3. The van der Waals surface area contributed by atoms with Crippen molar-refractivity contribution >= 4 is 23.5 Å². The summed E-state index contributed by atoms with van der Waals surface area (Å²) in [7, 11) is 1.52. The van der Waals surface area contributed by atoms with Crippen molar-refractivity contribution in [2.45, 2.75) is 6.92 Å². The van der Waals surface area contributed by atoms with Crippen LogP contribution < -0.4 is 10.6 Å². The molecule has 1 aromatic heterocycles. The predicted molar refractivity (Wildman–Crippen MR) is 93.0 cm³/mol. The van der Waals surface area contributed by atoms with E-state index < -0.39 is 24.4 Å². The van der Waals surface area contributed by atoms with Crippen LogP contribution in [0.15, 0.2) is 41.0 Å². The SMILES string of the molecule is COCCNC(=O)COC(=O)c1ccc(C)c(NC(=O)c2ccco2)c1. The van der Waals surface area contributed by atoms with Gasteiger partial charge in [-0.3, -0.25) is 9.59 Å². The van der Waals surface area contributed by atoms with Gasteiger partial charge in [0.1, 0.15) is 0 Å². The van der Waals surface area contributed by atoms with Gasteiger partial charge in [-0.1, -0.05) is 6.07 Å². The molecule has 0 radical (unpaired) electrons. The Morgan fingerprint density at radius 1 is 1.19 bits per heavy atom. The van der Waals surface area contributed by atoms with Gasteiger partial charge in [0.25, 0.3) is 11.8 Å². The van der Waals surface area contributed by atoms with E-state index in [-0.39, 0.29) is 11.3 Å². The number of hydrogen-bond donors (Lipinski definition) is 2. The topological polar surface area (TPSA) is 107 Å². The minimum absolute atomic E-state index is 0.158. The van der Waals surface area contributed by atoms with E-state index in [0.29, 0.717) is 18.8 Å². The number of anilines is 1. The molecule has 0 spiro atoms. The number of hydrogen-bond acceptors (Lipinski definition) is 6. The van der Waals surface area contributed by atoms with Crippen LogP contribution in [0.2, 0.25) is 0 Å². The third kappa shape index (κ3) is 5.45. The Morgan fingerprint density at radius 2 is 2.00 bits per heavy atom. The van der Waals surface area contributed by atoms with Crippen molar-refractivity contribution in [2.24, 2.45) is 0 Å². The molecule has 0 fully saturated rings. The summed E-state index contributed by atoms with van der Waals surface area (Å²) < 4.78 is 14.8. The fourth-order valence-corrected chi connectivity index (χ4v) is 2.03. The number of furan rings is 1. The lowest BCUT2D eigenvalue weighted by atomic mass is 10.1. The second-order valence-electron chi connectivity index (χ2n) is 5.38. The van der Waals surface area contributed by atoms with Crippen LogP contribution in [-0.2, 0) is 14.3 Å². The number of carbonyl (C=O) groups is 3. The Balaban J connectivity index is 1.96. The Hall–Kier alpha value is -3.13. The van der Waals surface area contributed by atoms with E-state index in [9.17, 15) is 14.4 Å². The number of methoxy groups -OCH3 is 1. The maximum Gasteiger partial charge on any atom is 0.338 e. The average molecular weight is 360 g/mol. The normalized spacial score (nSPS) is 10.2. The maximum atomic E-state index is 12.1. The Kier molecular flexibility index (Phi) is 6.92. The van der Waals surface area contributed by atoms with Crippen LogP contribution in [0.5, 0.6) is 0 Å². The summed E-state index contributed by atoms with van der Waals surface area (Å²) in [5, 5.41) is 5.22. The van der Waals surface area contributed by atoms with E-state index in [1.807, 2.05) is 0 Å². The zero-order valence-corrected chi connectivity index (χ0v) is 14.5. The van der Waals surface area contributed by atoms with Crippen LogP contribution in [0.4, 0.5) is 5.69 Å². The minimum atomic E-state index is -0.666. The number of nitrogens with one attached hydrogen (secondary N) is 2. The van der Waals surface area contributed by atoms with Crippen LogP contribution >= 0.6 is 0 Å². The van der Waals surface area contributed by atoms with Gasteiger partial charge in [0, 0.05) is 19.3 Å². The number of ether oxygens (including phenoxy) is 2. The molecule has 8 nitrogen and oxygen atoms in total. The molecule has 2 rings (SSSR count). The van der Waals surface area contributed by atoms with Crippen molar-refractivity contribution < 1.29 is 28.3 Å². The summed E-state index contributed by atoms with van der Waals surface area (Å²) in [5.41, 5.74) is 1.43. The van der Waals surface area contributed by atoms with Crippen LogP contribution in [-0.4, -0.2) is 44.7 Å². The lowest BCUT2D eigenvalue weighted by molar-refractivity contribution is -0.124. The third-order valence-corrected chi connectivity index (χ3v) is 3.43. The highest BCUT2D eigenvalue weighted by atomic mass is 16.5. The first kappa shape index (κ1) is 19.2. The van der Waals surface area contributed by atoms with Gasteiger partial charge in [-0.25, -0.2) is 4.79 Å². The highest BCUT2D eigenvalue weighted by molar-refractivity contribution is 6.03. The zero-order valence-electron chi connectivity index (χ0n) is 14.5. The molecular formula is C18H20N2O6. The number of aryl methyl sites for hydroxylation is 1. The van der Waals surface area contributed by atoms with E-state index in [0.717, 1.165) is 5.56 Å². The van der Waals surface area contributed by atoms with Crippen LogP contribution in [0.25, 0.3) is 0 Å². The van der Waals surface area contributed by atoms with Crippen LogP contribution in [0.1, 0.15) is 26.5 Å². The molecule has 0 aliphatic rings. The number of esters is 1. The average Bonchev–Trinajstić information content (AvgIpc) is 3.16. The van der Waals surface area contributed by atoms with Gasteiger partial charge >= 0.3 is 5.97 Å². The maximum absolute atomic E-state index is 12.1. The summed E-state index contributed by atoms with van der Waals surface area (Å²) in [6.45, 7) is 2.09. The summed E-state index contributed by atoms with van der Waals surface area (Å²) in [4.78, 5) is 35.7. The molecule has 2 amide bonds. The Labute approximate surface area is 150 Å². The minimum Gasteiger partial charge on any atom is -0.459 e. The highest BCUT2D eigenvalue weighted by Gasteiger charge is 2.14. The van der Waals surface area contributed by atoms with E-state index in [1.165, 1.54) is 25.5 Å². The van der Waals surface area contributed by atoms with E-state index >= 15 is 0 Å². The van der Waals surface area contributed by atoms with Crippen molar-refractivity contribution in [2.75, 3.05) is 32.2 Å². The molecule has 0 unspecified atom stereocenters. The predicted octanol–water partition coefficient (Wildman–Crippen LogP) is 1.76. The molecule has 0 bridgehead atoms. The highest BCUT2D eigenvalue weighted by Crippen LogP contribution is 2.19. The fourth-order valence-electron chi connectivity index (χ4n) is 2.03. The standard InChI is InChI=1S/C18H20N2O6/c1-12-5-6-13(18(23)26-11-16(21)19-7-9-24-2)10-14(12)20-17(22)15-4-3-8-25-15/h3-6,8,10H,7,9,11H2,1-2H3,(H,19,21)(H,20,22). The van der Waals surface area contributed by atoms with Crippen molar-refractivity contribution in [3.8, 4) is 0 Å². The summed E-state index contributed by atoms with van der Waals surface area (Å²) >= 11 is 0. The zero-order chi connectivity index (χ0) is 18.9. The van der Waals surface area contributed by atoms with Crippen molar-refractivity contribution in [3.05, 3.63) is 53.5 Å². The van der Waals surface area contributed by atoms with Crippen LogP contribution in [0.3, 0.4) is 0 Å². The number of amides is 2. The number of benzene rings is 1. The molecule has 2 N–H and O–H groups in total. The molecule has 8 heteroatoms. The van der Waals surface area contributed by atoms with Gasteiger partial charge in [0.05, 0.1) is 18.4 Å². The first-order valence-corrected chi connectivity index (χ1v) is 7.89. The molecule has 138 valence electrons. The van der Waals surface area contributed by atoms with E-state index in [1.54, 1.807) is 25.1 Å². The molecular weight excluding hydrogens is 340 g/mol. The van der Waals surface area contributed by atoms with Gasteiger partial charge in [0.15, 0.2) is 12.4 Å². The molecule has 0 atom stereocenters. The molecule has 0 aliphatic heterocycles. The second-order valence-corrected chi connectivity index (χ2v) is 5.38. The summed E-state index contributed by atoms with van der Waals surface area (Å²) in [6, 6.07) is 7.86. The number of rotatable bonds is 8. The van der Waals surface area contributed by atoms with Crippen molar-refractivity contribution in [1.29, 1.82) is 0 Å². The quantitative estimate of drug-likeness (QED) is 0.549. The fraction of sp³-hybridized carbons (Fsp3) is 0.278. The monoisotopic (exact) mass is 360 g/mol. The Morgan fingerprint density at radius 3 is 2.69 bits per heavy atom. The second kappa shape index (κ2) is 9.38. The molecule has 2 aromatic rings. The molecule has 0 saturated heterocycles. The van der Waals surface area contributed by atoms with Crippen molar-refractivity contribution in [1.82, 2.24) is 5.32 Å². The molecule has 0 saturated carbocycles. The third-order valence-electron chi connectivity index (χ3n) is 3.43. The van der Waals surface area contributed by atoms with Gasteiger partial charge in [0.2, 0.25) is 0 Å². The van der Waals surface area contributed by atoms with E-state index in [2.05, 4.69) is 10.6 Å². The molecule has 26 heavy (non-hydrogen) atoms. The van der Waals surface area contributed by atoms with Gasteiger partial charge < -0.3 is 24.5 Å².